The maximum Gasteiger partial charge on any atom is 0.416 e. The molecule has 0 aliphatic heterocycles. The van der Waals surface area contributed by atoms with Gasteiger partial charge in [0.15, 0.2) is 0 Å². The molecule has 2 rings (SSSR count). The van der Waals surface area contributed by atoms with Gasteiger partial charge in [-0.3, -0.25) is 9.59 Å². The number of ether oxygens (including phenoxy) is 1. The molecule has 2 unspecified atom stereocenters. The van der Waals surface area contributed by atoms with Gasteiger partial charge in [0.2, 0.25) is 15.9 Å². The largest absolute Gasteiger partial charge is 0.416 e. The molecule has 0 spiro atoms. The Kier molecular flexibility index (Phi) is 8.84. The van der Waals surface area contributed by atoms with Crippen molar-refractivity contribution < 1.29 is 35.9 Å². The molecule has 7 nitrogen and oxygen atoms in total. The summed E-state index contributed by atoms with van der Waals surface area (Å²) in [4.78, 5) is 24.7. The Labute approximate surface area is 196 Å². The van der Waals surface area contributed by atoms with Gasteiger partial charge in [0.05, 0.1) is 24.5 Å². The molecule has 0 bridgehead atoms. The van der Waals surface area contributed by atoms with E-state index in [-0.39, 0.29) is 18.1 Å². The molecule has 2 amide bonds. The van der Waals surface area contributed by atoms with Crippen molar-refractivity contribution in [2.75, 3.05) is 6.26 Å². The van der Waals surface area contributed by atoms with E-state index in [1.54, 1.807) is 32.9 Å². The predicted octanol–water partition coefficient (Wildman–Crippen LogP) is 3.81. The van der Waals surface area contributed by atoms with E-state index in [4.69, 9.17) is 4.74 Å². The zero-order chi connectivity index (χ0) is 25.7. The number of sulfonamides is 1. The van der Waals surface area contributed by atoms with Crippen molar-refractivity contribution in [2.45, 2.75) is 45.7 Å². The maximum absolute atomic E-state index is 12.8. The molecule has 0 aliphatic carbocycles. The van der Waals surface area contributed by atoms with Crippen LogP contribution in [0.3, 0.4) is 0 Å². The minimum absolute atomic E-state index is 0.0348. The van der Waals surface area contributed by atoms with E-state index >= 15 is 0 Å². The third-order valence-electron chi connectivity index (χ3n) is 4.88. The van der Waals surface area contributed by atoms with Crippen molar-refractivity contribution in [3.8, 4) is 0 Å². The third-order valence-corrected chi connectivity index (χ3v) is 5.44. The molecule has 2 aromatic rings. The highest BCUT2D eigenvalue weighted by Crippen LogP contribution is 2.29. The molecule has 2 aromatic carbocycles. The van der Waals surface area contributed by atoms with Crippen LogP contribution in [0.4, 0.5) is 13.2 Å². The van der Waals surface area contributed by atoms with Crippen molar-refractivity contribution in [1.82, 2.24) is 10.0 Å². The van der Waals surface area contributed by atoms with Crippen LogP contribution >= 0.6 is 0 Å². The van der Waals surface area contributed by atoms with Crippen molar-refractivity contribution >= 4 is 21.8 Å². The van der Waals surface area contributed by atoms with Crippen molar-refractivity contribution in [3.63, 3.8) is 0 Å². The van der Waals surface area contributed by atoms with Gasteiger partial charge in [-0.2, -0.15) is 13.2 Å². The molecular weight excluding hydrogens is 473 g/mol. The number of benzene rings is 2. The Balaban J connectivity index is 2.00. The summed E-state index contributed by atoms with van der Waals surface area (Å²) in [5.41, 5.74) is 0.563. The minimum atomic E-state index is -4.43. The zero-order valence-electron chi connectivity index (χ0n) is 19.1. The summed E-state index contributed by atoms with van der Waals surface area (Å²) in [7, 11) is -3.69. The van der Waals surface area contributed by atoms with Crippen LogP contribution in [0.1, 0.15) is 53.9 Å². The third kappa shape index (κ3) is 8.14. The topological polar surface area (TPSA) is 102 Å². The lowest BCUT2D eigenvalue weighted by Gasteiger charge is -2.24. The molecule has 186 valence electrons. The standard InChI is InChI=1S/C23H27F3N2O5S/c1-14(2)20(33-13-16-5-11-19(12-6-16)23(24,25)26)22(30)27-15(3)17-7-9-18(10-8-17)21(29)28-34(4,31)32/h5-12,14-15,20H,13H2,1-4H3,(H,27,30)(H,28,29). The van der Waals surface area contributed by atoms with Gasteiger partial charge in [0.25, 0.3) is 5.91 Å². The molecule has 0 aliphatic rings. The predicted molar refractivity (Wildman–Crippen MR) is 120 cm³/mol. The number of amides is 2. The van der Waals surface area contributed by atoms with Crippen LogP contribution in [-0.2, 0) is 32.3 Å². The lowest BCUT2D eigenvalue weighted by molar-refractivity contribution is -0.137. The number of hydrogen-bond donors (Lipinski definition) is 2. The van der Waals surface area contributed by atoms with E-state index in [9.17, 15) is 31.2 Å². The Hall–Kier alpha value is -2.92. The summed E-state index contributed by atoms with van der Waals surface area (Å²) in [6.45, 7) is 5.28. The molecule has 2 N–H and O–H groups in total. The van der Waals surface area contributed by atoms with Gasteiger partial charge in [0, 0.05) is 5.56 Å². The molecule has 34 heavy (non-hydrogen) atoms. The number of rotatable bonds is 9. The number of nitrogens with one attached hydrogen (secondary N) is 2. The second kappa shape index (κ2) is 11.0. The van der Waals surface area contributed by atoms with E-state index in [0.717, 1.165) is 18.4 Å². The van der Waals surface area contributed by atoms with Crippen LogP contribution in [0, 0.1) is 5.92 Å². The highest BCUT2D eigenvalue weighted by Gasteiger charge is 2.30. The second-order valence-electron chi connectivity index (χ2n) is 8.23. The van der Waals surface area contributed by atoms with E-state index in [1.165, 1.54) is 24.3 Å². The summed E-state index contributed by atoms with van der Waals surface area (Å²) in [6.07, 6.45) is -4.39. The molecule has 0 heterocycles. The van der Waals surface area contributed by atoms with Gasteiger partial charge in [-0.15, -0.1) is 0 Å². The fourth-order valence-electron chi connectivity index (χ4n) is 3.08. The maximum atomic E-state index is 12.8. The van der Waals surface area contributed by atoms with Gasteiger partial charge in [0.1, 0.15) is 6.10 Å². The average Bonchev–Trinajstić information content (AvgIpc) is 2.72. The molecular formula is C23H27F3N2O5S. The molecule has 0 fully saturated rings. The molecule has 0 aromatic heterocycles. The summed E-state index contributed by atoms with van der Waals surface area (Å²) in [5.74, 6) is -1.36. The van der Waals surface area contributed by atoms with Crippen LogP contribution in [0.25, 0.3) is 0 Å². The number of hydrogen-bond acceptors (Lipinski definition) is 5. The number of alkyl halides is 3. The lowest BCUT2D eigenvalue weighted by atomic mass is 10.0. The van der Waals surface area contributed by atoms with Gasteiger partial charge in [-0.1, -0.05) is 38.1 Å². The highest BCUT2D eigenvalue weighted by molar-refractivity contribution is 7.89. The first-order valence-corrected chi connectivity index (χ1v) is 12.3. The molecule has 0 saturated heterocycles. The lowest BCUT2D eigenvalue weighted by Crippen LogP contribution is -2.40. The second-order valence-corrected chi connectivity index (χ2v) is 9.97. The van der Waals surface area contributed by atoms with Gasteiger partial charge >= 0.3 is 6.18 Å². The van der Waals surface area contributed by atoms with Gasteiger partial charge < -0.3 is 10.1 Å². The summed E-state index contributed by atoms with van der Waals surface area (Å²) in [5, 5.41) is 2.82. The number of carbonyl (C=O) groups excluding carboxylic acids is 2. The van der Waals surface area contributed by atoms with Crippen LogP contribution in [-0.4, -0.2) is 32.6 Å². The Bertz CT molecular complexity index is 1100. The first-order valence-electron chi connectivity index (χ1n) is 10.4. The smallest absolute Gasteiger partial charge is 0.363 e. The minimum Gasteiger partial charge on any atom is -0.363 e. The monoisotopic (exact) mass is 500 g/mol. The fourth-order valence-corrected chi connectivity index (χ4v) is 3.53. The Morgan fingerprint density at radius 1 is 0.971 bits per heavy atom. The molecule has 0 saturated carbocycles. The van der Waals surface area contributed by atoms with Crippen LogP contribution in [0.5, 0.6) is 0 Å². The average molecular weight is 501 g/mol. The summed E-state index contributed by atoms with van der Waals surface area (Å²) >= 11 is 0. The van der Waals surface area contributed by atoms with Crippen LogP contribution in [0.2, 0.25) is 0 Å². The molecule has 2 atom stereocenters. The number of carbonyl (C=O) groups is 2. The van der Waals surface area contributed by atoms with E-state index in [2.05, 4.69) is 5.32 Å². The fraction of sp³-hybridized carbons (Fsp3) is 0.391. The number of halogens is 3. The SMILES string of the molecule is CC(NC(=O)C(OCc1ccc(C(F)(F)F)cc1)C(C)C)c1ccc(C(=O)NS(C)(=O)=O)cc1. The molecule has 11 heteroatoms. The van der Waals surface area contributed by atoms with Gasteiger partial charge in [-0.25, -0.2) is 13.1 Å². The van der Waals surface area contributed by atoms with Crippen molar-refractivity contribution in [2.24, 2.45) is 5.92 Å². The van der Waals surface area contributed by atoms with Crippen LogP contribution in [0.15, 0.2) is 48.5 Å². The zero-order valence-corrected chi connectivity index (χ0v) is 20.0. The Morgan fingerprint density at radius 2 is 1.53 bits per heavy atom. The quantitative estimate of drug-likeness (QED) is 0.545. The van der Waals surface area contributed by atoms with E-state index in [1.807, 2.05) is 4.72 Å². The van der Waals surface area contributed by atoms with E-state index in [0.29, 0.717) is 11.1 Å². The Morgan fingerprint density at radius 3 is 2.00 bits per heavy atom. The van der Waals surface area contributed by atoms with E-state index < -0.39 is 45.7 Å². The van der Waals surface area contributed by atoms with Crippen LogP contribution < -0.4 is 10.0 Å². The normalized spacial score (nSPS) is 13.9. The first-order chi connectivity index (χ1) is 15.7. The first kappa shape index (κ1) is 27.3. The van der Waals surface area contributed by atoms with Crippen molar-refractivity contribution in [3.05, 3.63) is 70.8 Å². The molecule has 0 radical (unpaired) electrons. The van der Waals surface area contributed by atoms with Gasteiger partial charge in [-0.05, 0) is 48.2 Å². The highest BCUT2D eigenvalue weighted by atomic mass is 32.2. The summed E-state index contributed by atoms with van der Waals surface area (Å²) < 4.78 is 68.1. The summed E-state index contributed by atoms with van der Waals surface area (Å²) in [6, 6.07) is 10.2. The van der Waals surface area contributed by atoms with Crippen molar-refractivity contribution in [1.29, 1.82) is 0 Å².